The number of hydrogen-bond acceptors (Lipinski definition) is 6. The molecule has 1 rings (SSSR count). The van der Waals surface area contributed by atoms with E-state index in [4.69, 9.17) is 10.8 Å². The molecule has 1 aromatic rings. The van der Waals surface area contributed by atoms with Crippen molar-refractivity contribution in [3.63, 3.8) is 0 Å². The minimum atomic E-state index is -0.728. The number of rotatable bonds is 5. The summed E-state index contributed by atoms with van der Waals surface area (Å²) in [4.78, 5) is 23.1. The maximum Gasteiger partial charge on any atom is 0.341 e. The van der Waals surface area contributed by atoms with E-state index >= 15 is 0 Å². The summed E-state index contributed by atoms with van der Waals surface area (Å²) in [5.74, 6) is -1.31. The lowest BCUT2D eigenvalue weighted by atomic mass is 10.0. The normalized spacial score (nSPS) is 11.9. The zero-order chi connectivity index (χ0) is 13.7. The number of esters is 1. The molecule has 4 N–H and O–H groups in total. The summed E-state index contributed by atoms with van der Waals surface area (Å²) in [6.07, 6.45) is -0.0398. The first kappa shape index (κ1) is 14.1. The minimum absolute atomic E-state index is 0.0398. The topological polar surface area (TPSA) is 110 Å². The van der Waals surface area contributed by atoms with Crippen molar-refractivity contribution in [3.8, 4) is 5.75 Å². The predicted molar refractivity (Wildman–Crippen MR) is 63.5 cm³/mol. The molecule has 0 spiro atoms. The fraction of sp³-hybridized carbons (Fsp3) is 0.333. The number of methoxy groups -OCH3 is 1. The number of hydrogen-bond donors (Lipinski definition) is 3. The quantitative estimate of drug-likeness (QED) is 0.506. The average Bonchev–Trinajstić information content (AvgIpc) is 2.38. The highest BCUT2D eigenvalue weighted by molar-refractivity contribution is 6.00. The molecule has 0 aliphatic rings. The van der Waals surface area contributed by atoms with E-state index in [0.29, 0.717) is 0 Å². The average molecular weight is 253 g/mol. The van der Waals surface area contributed by atoms with Crippen molar-refractivity contribution in [1.82, 2.24) is 0 Å². The highest BCUT2D eigenvalue weighted by atomic mass is 16.5. The molecule has 0 radical (unpaired) electrons. The molecule has 0 saturated carbocycles. The lowest BCUT2D eigenvalue weighted by Gasteiger charge is -2.08. The summed E-state index contributed by atoms with van der Waals surface area (Å²) < 4.78 is 4.48. The van der Waals surface area contributed by atoms with Crippen LogP contribution in [0.5, 0.6) is 5.75 Å². The minimum Gasteiger partial charge on any atom is -0.507 e. The number of ketones is 1. The zero-order valence-corrected chi connectivity index (χ0v) is 9.92. The number of nitrogens with two attached hydrogens (primary N) is 1. The summed E-state index contributed by atoms with van der Waals surface area (Å²) in [7, 11) is 1.18. The maximum atomic E-state index is 11.8. The molecule has 6 heteroatoms. The van der Waals surface area contributed by atoms with Gasteiger partial charge in [-0.25, -0.2) is 4.79 Å². The smallest absolute Gasteiger partial charge is 0.341 e. The van der Waals surface area contributed by atoms with E-state index in [1.165, 1.54) is 25.3 Å². The van der Waals surface area contributed by atoms with E-state index in [0.717, 1.165) is 0 Å². The Hall–Kier alpha value is -1.92. The molecule has 0 aliphatic carbocycles. The van der Waals surface area contributed by atoms with Gasteiger partial charge in [0.05, 0.1) is 13.7 Å². The highest BCUT2D eigenvalue weighted by Crippen LogP contribution is 2.20. The van der Waals surface area contributed by atoms with Gasteiger partial charge in [-0.05, 0) is 18.2 Å². The van der Waals surface area contributed by atoms with Crippen molar-refractivity contribution < 1.29 is 24.5 Å². The van der Waals surface area contributed by atoms with Gasteiger partial charge in [0.15, 0.2) is 5.78 Å². The van der Waals surface area contributed by atoms with Crippen molar-refractivity contribution in [2.75, 3.05) is 13.7 Å². The van der Waals surface area contributed by atoms with Crippen LogP contribution >= 0.6 is 0 Å². The molecule has 0 amide bonds. The number of carbonyl (C=O) groups is 2. The molecular weight excluding hydrogens is 238 g/mol. The summed E-state index contributed by atoms with van der Waals surface area (Å²) >= 11 is 0. The molecule has 0 aromatic heterocycles. The van der Waals surface area contributed by atoms with E-state index in [-0.39, 0.29) is 35.7 Å². The standard InChI is InChI=1S/C12H15NO5/c1-18-12(17)9-4-7(2-3-10(9)15)11(16)5-8(13)6-14/h2-4,8,14-15H,5-6,13H2,1H3. The second kappa shape index (κ2) is 6.13. The summed E-state index contributed by atoms with van der Waals surface area (Å²) in [6, 6.07) is 3.22. The number of phenols is 1. The van der Waals surface area contributed by atoms with Crippen molar-refractivity contribution in [2.24, 2.45) is 5.73 Å². The van der Waals surface area contributed by atoms with E-state index in [1.54, 1.807) is 0 Å². The van der Waals surface area contributed by atoms with Gasteiger partial charge in [0.25, 0.3) is 0 Å². The van der Waals surface area contributed by atoms with Crippen LogP contribution in [-0.2, 0) is 4.74 Å². The molecule has 1 unspecified atom stereocenters. The number of phenolic OH excluding ortho intramolecular Hbond substituents is 1. The molecule has 18 heavy (non-hydrogen) atoms. The van der Waals surface area contributed by atoms with Crippen LogP contribution in [0.25, 0.3) is 0 Å². The molecule has 0 bridgehead atoms. The molecule has 0 heterocycles. The van der Waals surface area contributed by atoms with Crippen LogP contribution in [0.15, 0.2) is 18.2 Å². The molecule has 0 saturated heterocycles. The molecule has 1 atom stereocenters. The third-order valence-electron chi connectivity index (χ3n) is 2.41. The Balaban J connectivity index is 2.97. The molecule has 98 valence electrons. The first-order valence-corrected chi connectivity index (χ1v) is 5.30. The first-order valence-electron chi connectivity index (χ1n) is 5.30. The van der Waals surface area contributed by atoms with Gasteiger partial charge in [-0.3, -0.25) is 4.79 Å². The van der Waals surface area contributed by atoms with Crippen LogP contribution in [0.3, 0.4) is 0 Å². The number of aliphatic hydroxyl groups is 1. The predicted octanol–water partition coefficient (Wildman–Crippen LogP) is 0.0712. The van der Waals surface area contributed by atoms with E-state index in [2.05, 4.69) is 4.74 Å². The highest BCUT2D eigenvalue weighted by Gasteiger charge is 2.16. The monoisotopic (exact) mass is 253 g/mol. The number of carbonyl (C=O) groups excluding carboxylic acids is 2. The Morgan fingerprint density at radius 1 is 1.44 bits per heavy atom. The third-order valence-corrected chi connectivity index (χ3v) is 2.41. The Bertz CT molecular complexity index is 458. The SMILES string of the molecule is COC(=O)c1cc(C(=O)CC(N)CO)ccc1O. The Kier molecular flexibility index (Phi) is 4.82. The van der Waals surface area contributed by atoms with Gasteiger partial charge < -0.3 is 20.7 Å². The van der Waals surface area contributed by atoms with E-state index < -0.39 is 12.0 Å². The first-order chi connectivity index (χ1) is 8.49. The van der Waals surface area contributed by atoms with Crippen LogP contribution in [0.4, 0.5) is 0 Å². The summed E-state index contributed by atoms with van der Waals surface area (Å²) in [5, 5.41) is 18.2. The van der Waals surface area contributed by atoms with Gasteiger partial charge in [0.1, 0.15) is 11.3 Å². The van der Waals surface area contributed by atoms with Gasteiger partial charge in [0.2, 0.25) is 0 Å². The maximum absolute atomic E-state index is 11.8. The van der Waals surface area contributed by atoms with Crippen molar-refractivity contribution in [1.29, 1.82) is 0 Å². The van der Waals surface area contributed by atoms with Crippen LogP contribution in [0.1, 0.15) is 27.1 Å². The van der Waals surface area contributed by atoms with E-state index in [1.807, 2.05) is 0 Å². The number of aromatic hydroxyl groups is 1. The molecule has 6 nitrogen and oxygen atoms in total. The second-order valence-corrected chi connectivity index (χ2v) is 3.79. The fourth-order valence-corrected chi connectivity index (χ4v) is 1.40. The van der Waals surface area contributed by atoms with Crippen LogP contribution < -0.4 is 5.73 Å². The van der Waals surface area contributed by atoms with Crippen molar-refractivity contribution >= 4 is 11.8 Å². The fourth-order valence-electron chi connectivity index (χ4n) is 1.40. The van der Waals surface area contributed by atoms with Gasteiger partial charge in [-0.15, -0.1) is 0 Å². The summed E-state index contributed by atoms with van der Waals surface area (Å²) in [6.45, 7) is -0.298. The Labute approximate surface area is 104 Å². The number of aliphatic hydroxyl groups excluding tert-OH is 1. The van der Waals surface area contributed by atoms with Gasteiger partial charge in [-0.2, -0.15) is 0 Å². The molecule has 0 fully saturated rings. The van der Waals surface area contributed by atoms with Crippen LogP contribution in [-0.4, -0.2) is 41.7 Å². The second-order valence-electron chi connectivity index (χ2n) is 3.79. The van der Waals surface area contributed by atoms with Crippen molar-refractivity contribution in [3.05, 3.63) is 29.3 Å². The van der Waals surface area contributed by atoms with Crippen LogP contribution in [0.2, 0.25) is 0 Å². The Morgan fingerprint density at radius 3 is 2.67 bits per heavy atom. The molecular formula is C12H15NO5. The zero-order valence-electron chi connectivity index (χ0n) is 9.92. The van der Waals surface area contributed by atoms with Crippen molar-refractivity contribution in [2.45, 2.75) is 12.5 Å². The molecule has 1 aromatic carbocycles. The third kappa shape index (κ3) is 3.28. The number of ether oxygens (including phenoxy) is 1. The lowest BCUT2D eigenvalue weighted by molar-refractivity contribution is 0.0597. The number of benzene rings is 1. The summed E-state index contributed by atoms with van der Waals surface area (Å²) in [5.41, 5.74) is 5.60. The molecule has 0 aliphatic heterocycles. The number of Topliss-reactive ketones (excluding diaryl/α,β-unsaturated/α-hetero) is 1. The largest absolute Gasteiger partial charge is 0.507 e. The van der Waals surface area contributed by atoms with Gasteiger partial charge in [-0.1, -0.05) is 0 Å². The van der Waals surface area contributed by atoms with Crippen LogP contribution in [0, 0.1) is 0 Å². The van der Waals surface area contributed by atoms with Gasteiger partial charge >= 0.3 is 5.97 Å². The Morgan fingerprint density at radius 2 is 2.11 bits per heavy atom. The van der Waals surface area contributed by atoms with Gasteiger partial charge in [0, 0.05) is 18.0 Å². The van der Waals surface area contributed by atoms with E-state index in [9.17, 15) is 14.7 Å². The lowest BCUT2D eigenvalue weighted by Crippen LogP contribution is -2.27.